The van der Waals surface area contributed by atoms with Crippen LogP contribution in [0.2, 0.25) is 0 Å². The highest BCUT2D eigenvalue weighted by molar-refractivity contribution is 5.91. The molecule has 0 amide bonds. The normalized spacial score (nSPS) is 21.8. The number of hydrogen-bond acceptors (Lipinski definition) is 3. The molecule has 3 nitrogen and oxygen atoms in total. The van der Waals surface area contributed by atoms with Crippen molar-refractivity contribution >= 4 is 11.7 Å². The van der Waals surface area contributed by atoms with E-state index in [1.807, 2.05) is 13.0 Å². The fourth-order valence-electron chi connectivity index (χ4n) is 2.85. The first-order chi connectivity index (χ1) is 9.20. The van der Waals surface area contributed by atoms with E-state index in [0.717, 1.165) is 30.4 Å². The highest BCUT2D eigenvalue weighted by Gasteiger charge is 2.45. The molecule has 3 heteroatoms. The number of esters is 1. The van der Waals surface area contributed by atoms with Gasteiger partial charge in [-0.25, -0.2) is 0 Å². The van der Waals surface area contributed by atoms with Gasteiger partial charge in [0, 0.05) is 17.3 Å². The van der Waals surface area contributed by atoms with Crippen LogP contribution in [0.5, 0.6) is 5.75 Å². The number of benzene rings is 1. The standard InChI is InChI=1S/C17H25NO2/c1-6-7-8-17(5)12-9-11(16(2,3)4)13(18)10-14(12)20-15(17)19/h9-10H,6-8,18H2,1-5H3. The average Bonchev–Trinajstić information content (AvgIpc) is 2.57. The number of carbonyl (C=O) groups excluding carboxylic acids is 1. The Labute approximate surface area is 121 Å². The SMILES string of the molecule is CCCCC1(C)C(=O)Oc2cc(N)c(C(C)(C)C)cc21. The lowest BCUT2D eigenvalue weighted by Gasteiger charge is -2.25. The smallest absolute Gasteiger partial charge is 0.321 e. The number of rotatable bonds is 3. The Morgan fingerprint density at radius 2 is 1.95 bits per heavy atom. The first-order valence-corrected chi connectivity index (χ1v) is 7.37. The minimum absolute atomic E-state index is 0.0452. The first kappa shape index (κ1) is 14.9. The van der Waals surface area contributed by atoms with Crippen LogP contribution in [0.15, 0.2) is 12.1 Å². The van der Waals surface area contributed by atoms with Gasteiger partial charge in [-0.1, -0.05) is 40.5 Å². The van der Waals surface area contributed by atoms with Crippen molar-refractivity contribution in [3.05, 3.63) is 23.3 Å². The molecule has 1 heterocycles. The molecule has 0 radical (unpaired) electrons. The van der Waals surface area contributed by atoms with Crippen molar-refractivity contribution in [1.82, 2.24) is 0 Å². The molecule has 0 aromatic heterocycles. The minimum Gasteiger partial charge on any atom is -0.425 e. The minimum atomic E-state index is -0.529. The summed E-state index contributed by atoms with van der Waals surface area (Å²) in [6, 6.07) is 3.89. The van der Waals surface area contributed by atoms with E-state index in [1.165, 1.54) is 0 Å². The summed E-state index contributed by atoms with van der Waals surface area (Å²) in [5.74, 6) is 0.491. The summed E-state index contributed by atoms with van der Waals surface area (Å²) in [5, 5.41) is 0. The van der Waals surface area contributed by atoms with Crippen LogP contribution in [0.4, 0.5) is 5.69 Å². The van der Waals surface area contributed by atoms with Crippen molar-refractivity contribution in [3.8, 4) is 5.75 Å². The molecule has 1 aliphatic rings. The van der Waals surface area contributed by atoms with E-state index in [4.69, 9.17) is 10.5 Å². The topological polar surface area (TPSA) is 52.3 Å². The quantitative estimate of drug-likeness (QED) is 0.516. The first-order valence-electron chi connectivity index (χ1n) is 7.37. The maximum Gasteiger partial charge on any atom is 0.321 e. The summed E-state index contributed by atoms with van der Waals surface area (Å²) in [4.78, 5) is 12.3. The molecule has 2 N–H and O–H groups in total. The summed E-state index contributed by atoms with van der Waals surface area (Å²) in [7, 11) is 0. The lowest BCUT2D eigenvalue weighted by atomic mass is 9.76. The number of carbonyl (C=O) groups is 1. The van der Waals surface area contributed by atoms with Crippen LogP contribution in [0.1, 0.15) is 65.0 Å². The van der Waals surface area contributed by atoms with Crippen molar-refractivity contribution in [3.63, 3.8) is 0 Å². The number of hydrogen-bond donors (Lipinski definition) is 1. The van der Waals surface area contributed by atoms with E-state index in [2.05, 4.69) is 33.8 Å². The van der Waals surface area contributed by atoms with E-state index in [0.29, 0.717) is 11.4 Å². The third-order valence-corrected chi connectivity index (χ3v) is 4.24. The van der Waals surface area contributed by atoms with Crippen molar-refractivity contribution in [2.24, 2.45) is 0 Å². The van der Waals surface area contributed by atoms with Gasteiger partial charge < -0.3 is 10.5 Å². The van der Waals surface area contributed by atoms with Gasteiger partial charge in [0.2, 0.25) is 0 Å². The average molecular weight is 275 g/mol. The Morgan fingerprint density at radius 3 is 2.50 bits per heavy atom. The summed E-state index contributed by atoms with van der Waals surface area (Å²) in [6.07, 6.45) is 2.91. The maximum absolute atomic E-state index is 12.3. The predicted octanol–water partition coefficient (Wildman–Crippen LogP) is 3.93. The summed E-state index contributed by atoms with van der Waals surface area (Å²) in [5.41, 5.74) is 8.32. The zero-order valence-corrected chi connectivity index (χ0v) is 13.2. The summed E-state index contributed by atoms with van der Waals surface area (Å²) < 4.78 is 5.45. The molecular formula is C17H25NO2. The van der Waals surface area contributed by atoms with Crippen molar-refractivity contribution < 1.29 is 9.53 Å². The fourth-order valence-corrected chi connectivity index (χ4v) is 2.85. The monoisotopic (exact) mass is 275 g/mol. The van der Waals surface area contributed by atoms with Crippen LogP contribution in [0.3, 0.4) is 0 Å². The Bertz CT molecular complexity index is 543. The number of nitrogens with two attached hydrogens (primary N) is 1. The van der Waals surface area contributed by atoms with Gasteiger partial charge in [0.1, 0.15) is 5.75 Å². The largest absolute Gasteiger partial charge is 0.425 e. The second kappa shape index (κ2) is 4.80. The van der Waals surface area contributed by atoms with E-state index >= 15 is 0 Å². The number of nitrogen functional groups attached to an aromatic ring is 1. The van der Waals surface area contributed by atoms with Gasteiger partial charge >= 0.3 is 5.97 Å². The number of fused-ring (bicyclic) bond motifs is 1. The highest BCUT2D eigenvalue weighted by atomic mass is 16.5. The number of unbranched alkanes of at least 4 members (excludes halogenated alkanes) is 1. The molecule has 2 rings (SSSR count). The molecule has 0 saturated heterocycles. The molecule has 0 spiro atoms. The lowest BCUT2D eigenvalue weighted by Crippen LogP contribution is -2.30. The molecule has 0 aliphatic carbocycles. The summed E-state index contributed by atoms with van der Waals surface area (Å²) >= 11 is 0. The van der Waals surface area contributed by atoms with Crippen LogP contribution < -0.4 is 10.5 Å². The number of ether oxygens (including phenoxy) is 1. The lowest BCUT2D eigenvalue weighted by molar-refractivity contribution is -0.138. The highest BCUT2D eigenvalue weighted by Crippen LogP contribution is 2.46. The fraction of sp³-hybridized carbons (Fsp3) is 0.588. The van der Waals surface area contributed by atoms with Gasteiger partial charge in [-0.15, -0.1) is 0 Å². The zero-order chi connectivity index (χ0) is 15.1. The van der Waals surface area contributed by atoms with Crippen molar-refractivity contribution in [2.75, 3.05) is 5.73 Å². The van der Waals surface area contributed by atoms with Gasteiger partial charge in [0.15, 0.2) is 0 Å². The van der Waals surface area contributed by atoms with Crippen LogP contribution in [0.25, 0.3) is 0 Å². The van der Waals surface area contributed by atoms with Gasteiger partial charge in [-0.05, 0) is 30.4 Å². The molecule has 0 fully saturated rings. The Kier molecular flexibility index (Phi) is 3.57. The van der Waals surface area contributed by atoms with Gasteiger partial charge in [-0.2, -0.15) is 0 Å². The molecule has 0 saturated carbocycles. The van der Waals surface area contributed by atoms with Crippen molar-refractivity contribution in [2.45, 2.75) is 64.7 Å². The third-order valence-electron chi connectivity index (χ3n) is 4.24. The van der Waals surface area contributed by atoms with Crippen molar-refractivity contribution in [1.29, 1.82) is 0 Å². The zero-order valence-electron chi connectivity index (χ0n) is 13.2. The Balaban J connectivity index is 2.54. The molecule has 110 valence electrons. The van der Waals surface area contributed by atoms with Gasteiger partial charge in [0.25, 0.3) is 0 Å². The molecule has 1 aromatic rings. The van der Waals surface area contributed by atoms with Crippen LogP contribution >= 0.6 is 0 Å². The molecule has 1 aliphatic heterocycles. The second-order valence-electron chi connectivity index (χ2n) is 7.01. The molecule has 0 bridgehead atoms. The molecule has 1 unspecified atom stereocenters. The second-order valence-corrected chi connectivity index (χ2v) is 7.01. The van der Waals surface area contributed by atoms with Crippen LogP contribution in [-0.4, -0.2) is 5.97 Å². The number of anilines is 1. The maximum atomic E-state index is 12.3. The van der Waals surface area contributed by atoms with Gasteiger partial charge in [0.05, 0.1) is 5.41 Å². The Morgan fingerprint density at radius 1 is 1.30 bits per heavy atom. The van der Waals surface area contributed by atoms with Crippen LogP contribution in [0, 0.1) is 0 Å². The van der Waals surface area contributed by atoms with E-state index < -0.39 is 5.41 Å². The Hall–Kier alpha value is -1.51. The molecule has 20 heavy (non-hydrogen) atoms. The summed E-state index contributed by atoms with van der Waals surface area (Å²) in [6.45, 7) is 10.5. The molecule has 1 aromatic carbocycles. The predicted molar refractivity (Wildman–Crippen MR) is 82.1 cm³/mol. The van der Waals surface area contributed by atoms with E-state index in [9.17, 15) is 4.79 Å². The third kappa shape index (κ3) is 2.30. The van der Waals surface area contributed by atoms with Crippen LogP contribution in [-0.2, 0) is 15.6 Å². The molecule has 1 atom stereocenters. The van der Waals surface area contributed by atoms with E-state index in [-0.39, 0.29) is 11.4 Å². The van der Waals surface area contributed by atoms with Gasteiger partial charge in [-0.3, -0.25) is 4.79 Å². The van der Waals surface area contributed by atoms with E-state index in [1.54, 1.807) is 0 Å². The molecular weight excluding hydrogens is 250 g/mol.